The molecule has 0 bridgehead atoms. The van der Waals surface area contributed by atoms with Crippen LogP contribution in [0.15, 0.2) is 42.5 Å². The second-order valence-electron chi connectivity index (χ2n) is 6.29. The number of hydrogen-bond donors (Lipinski definition) is 0. The van der Waals surface area contributed by atoms with Gasteiger partial charge in [-0.15, -0.1) is 11.8 Å². The molecule has 29 heavy (non-hydrogen) atoms. The molecule has 6 nitrogen and oxygen atoms in total. The Kier molecular flexibility index (Phi) is 6.92. The van der Waals surface area contributed by atoms with Crippen molar-refractivity contribution in [2.45, 2.75) is 18.3 Å². The molecule has 1 saturated heterocycles. The first-order valence-corrected chi connectivity index (χ1v) is 10.5. The average Bonchev–Trinajstić information content (AvgIpc) is 3.18. The number of carbonyl (C=O) groups excluding carboxylic acids is 2. The lowest BCUT2D eigenvalue weighted by molar-refractivity contribution is -0.147. The van der Waals surface area contributed by atoms with E-state index in [1.54, 1.807) is 31.2 Å². The van der Waals surface area contributed by atoms with E-state index < -0.39 is 17.4 Å². The number of benzene rings is 2. The first kappa shape index (κ1) is 21.3. The fourth-order valence-corrected chi connectivity index (χ4v) is 4.92. The van der Waals surface area contributed by atoms with Crippen LogP contribution >= 0.6 is 23.4 Å². The maximum Gasteiger partial charge on any atom is 0.329 e. The Hall–Kier alpha value is -2.38. The van der Waals surface area contributed by atoms with Gasteiger partial charge in [0.25, 0.3) is 5.91 Å². The number of amides is 1. The third-order valence-electron chi connectivity index (χ3n) is 4.56. The molecule has 1 aliphatic heterocycles. The Morgan fingerprint density at radius 2 is 1.79 bits per heavy atom. The molecule has 1 aliphatic rings. The molecule has 0 aliphatic carbocycles. The van der Waals surface area contributed by atoms with E-state index in [1.807, 2.05) is 18.2 Å². The summed E-state index contributed by atoms with van der Waals surface area (Å²) in [6, 6.07) is 11.5. The topological polar surface area (TPSA) is 65.1 Å². The molecule has 0 saturated carbocycles. The molecule has 2 aromatic rings. The van der Waals surface area contributed by atoms with Gasteiger partial charge in [-0.3, -0.25) is 4.79 Å². The van der Waals surface area contributed by atoms with E-state index in [2.05, 4.69) is 0 Å². The van der Waals surface area contributed by atoms with Gasteiger partial charge in [-0.25, -0.2) is 4.79 Å². The second-order valence-corrected chi connectivity index (χ2v) is 7.81. The van der Waals surface area contributed by atoms with Crippen LogP contribution in [0.2, 0.25) is 5.02 Å². The fraction of sp³-hybridized carbons (Fsp3) is 0.333. The monoisotopic (exact) mass is 435 g/mol. The van der Waals surface area contributed by atoms with E-state index in [0.717, 1.165) is 5.56 Å². The summed E-state index contributed by atoms with van der Waals surface area (Å²) >= 11 is 7.88. The van der Waals surface area contributed by atoms with Gasteiger partial charge in [0.2, 0.25) is 0 Å². The fourth-order valence-electron chi connectivity index (χ4n) is 3.17. The number of nitrogens with zero attached hydrogens (tertiary/aromatic N) is 1. The summed E-state index contributed by atoms with van der Waals surface area (Å²) in [6.45, 7) is 1.98. The number of hydrogen-bond acceptors (Lipinski definition) is 6. The van der Waals surface area contributed by atoms with E-state index in [9.17, 15) is 9.59 Å². The highest BCUT2D eigenvalue weighted by Gasteiger charge is 2.44. The van der Waals surface area contributed by atoms with E-state index in [-0.39, 0.29) is 12.5 Å². The lowest BCUT2D eigenvalue weighted by atomic mass is 10.1. The largest absolute Gasteiger partial charge is 0.497 e. The van der Waals surface area contributed by atoms with Gasteiger partial charge in [0.1, 0.15) is 22.9 Å². The average molecular weight is 436 g/mol. The second kappa shape index (κ2) is 9.41. The molecule has 0 radical (unpaired) electrons. The molecule has 2 unspecified atom stereocenters. The van der Waals surface area contributed by atoms with Crippen molar-refractivity contribution in [3.63, 3.8) is 0 Å². The van der Waals surface area contributed by atoms with Gasteiger partial charge in [0.05, 0.1) is 20.8 Å². The summed E-state index contributed by atoms with van der Waals surface area (Å²) in [5, 5.41) is 0.123. The van der Waals surface area contributed by atoms with E-state index in [0.29, 0.717) is 27.8 Å². The number of methoxy groups -OCH3 is 2. The Balaban J connectivity index is 2.04. The zero-order valence-electron chi connectivity index (χ0n) is 16.4. The van der Waals surface area contributed by atoms with E-state index in [1.165, 1.54) is 30.9 Å². The molecule has 2 aromatic carbocycles. The first-order chi connectivity index (χ1) is 14.0. The van der Waals surface area contributed by atoms with Crippen LogP contribution < -0.4 is 9.47 Å². The Bertz CT molecular complexity index is 884. The Labute approximate surface area is 179 Å². The molecule has 2 atom stereocenters. The molecule has 1 heterocycles. The molecule has 1 amide bonds. The zero-order chi connectivity index (χ0) is 21.0. The van der Waals surface area contributed by atoms with Gasteiger partial charge in [-0.2, -0.15) is 0 Å². The summed E-state index contributed by atoms with van der Waals surface area (Å²) in [5.41, 5.74) is 1.13. The minimum atomic E-state index is -0.717. The number of halogens is 1. The van der Waals surface area contributed by atoms with Crippen LogP contribution in [-0.4, -0.2) is 49.4 Å². The van der Waals surface area contributed by atoms with Crippen molar-refractivity contribution < 1.29 is 23.8 Å². The number of thioether (sulfide) groups is 1. The molecule has 0 N–H and O–H groups in total. The lowest BCUT2D eigenvalue weighted by Gasteiger charge is -2.29. The molecule has 1 fully saturated rings. The quantitative estimate of drug-likeness (QED) is 0.634. The number of ether oxygens (including phenoxy) is 3. The van der Waals surface area contributed by atoms with Crippen molar-refractivity contribution in [1.82, 2.24) is 4.90 Å². The van der Waals surface area contributed by atoms with Crippen LogP contribution in [0.25, 0.3) is 0 Å². The van der Waals surface area contributed by atoms with Crippen LogP contribution in [-0.2, 0) is 9.53 Å². The van der Waals surface area contributed by atoms with Crippen molar-refractivity contribution in [2.75, 3.05) is 26.6 Å². The summed E-state index contributed by atoms with van der Waals surface area (Å²) in [7, 11) is 3.03. The minimum absolute atomic E-state index is 0.242. The highest BCUT2D eigenvalue weighted by Crippen LogP contribution is 2.45. The number of carbonyl (C=O) groups is 2. The predicted octanol–water partition coefficient (Wildman–Crippen LogP) is 4.18. The molecule has 0 aromatic heterocycles. The van der Waals surface area contributed by atoms with Gasteiger partial charge >= 0.3 is 5.97 Å². The molecule has 154 valence electrons. The first-order valence-electron chi connectivity index (χ1n) is 9.08. The minimum Gasteiger partial charge on any atom is -0.497 e. The number of rotatable bonds is 6. The normalized spacial score (nSPS) is 18.4. The van der Waals surface area contributed by atoms with Gasteiger partial charge in [0, 0.05) is 28.0 Å². The summed E-state index contributed by atoms with van der Waals surface area (Å²) < 4.78 is 15.8. The van der Waals surface area contributed by atoms with Crippen LogP contribution in [0, 0.1) is 0 Å². The van der Waals surface area contributed by atoms with E-state index in [4.69, 9.17) is 25.8 Å². The van der Waals surface area contributed by atoms with Crippen LogP contribution in [0.4, 0.5) is 0 Å². The summed E-state index contributed by atoms with van der Waals surface area (Å²) in [6.07, 6.45) is 0. The number of esters is 1. The van der Waals surface area contributed by atoms with Gasteiger partial charge in [0.15, 0.2) is 0 Å². The highest BCUT2D eigenvalue weighted by molar-refractivity contribution is 7.99. The molecule has 8 heteroatoms. The summed E-state index contributed by atoms with van der Waals surface area (Å²) in [4.78, 5) is 27.7. The van der Waals surface area contributed by atoms with Crippen molar-refractivity contribution >= 4 is 35.2 Å². The Morgan fingerprint density at radius 1 is 1.14 bits per heavy atom. The van der Waals surface area contributed by atoms with Crippen LogP contribution in [0.5, 0.6) is 11.5 Å². The maximum absolute atomic E-state index is 13.5. The third kappa shape index (κ3) is 4.46. The lowest BCUT2D eigenvalue weighted by Crippen LogP contribution is -2.44. The maximum atomic E-state index is 13.5. The van der Waals surface area contributed by atoms with Crippen molar-refractivity contribution in [3.05, 3.63) is 58.6 Å². The van der Waals surface area contributed by atoms with Crippen molar-refractivity contribution in [3.8, 4) is 11.5 Å². The van der Waals surface area contributed by atoms with Gasteiger partial charge in [-0.1, -0.05) is 29.8 Å². The van der Waals surface area contributed by atoms with E-state index >= 15 is 0 Å². The predicted molar refractivity (Wildman–Crippen MR) is 113 cm³/mol. The SMILES string of the molecule is CCOC(=O)C1CSC(c2ccccc2Cl)N1C(=O)c1cc(OC)cc(OC)c1. The molecule has 3 rings (SSSR count). The molecular formula is C21H22ClNO5S. The van der Waals surface area contributed by atoms with Gasteiger partial charge in [-0.05, 0) is 25.1 Å². The molecule has 0 spiro atoms. The molecular weight excluding hydrogens is 414 g/mol. The standard InChI is InChI=1S/C21H22ClNO5S/c1-4-28-21(25)18-12-29-20(16-7-5-6-8-17(16)22)23(18)19(24)13-9-14(26-2)11-15(10-13)27-3/h5-11,18,20H,4,12H2,1-3H3. The van der Waals surface area contributed by atoms with Crippen LogP contribution in [0.3, 0.4) is 0 Å². The van der Waals surface area contributed by atoms with Gasteiger partial charge < -0.3 is 19.1 Å². The Morgan fingerprint density at radius 3 is 2.38 bits per heavy atom. The smallest absolute Gasteiger partial charge is 0.329 e. The van der Waals surface area contributed by atoms with Crippen molar-refractivity contribution in [2.24, 2.45) is 0 Å². The third-order valence-corrected chi connectivity index (χ3v) is 6.21. The zero-order valence-corrected chi connectivity index (χ0v) is 18.0. The highest BCUT2D eigenvalue weighted by atomic mass is 35.5. The van der Waals surface area contributed by atoms with Crippen LogP contribution in [0.1, 0.15) is 28.2 Å². The van der Waals surface area contributed by atoms with Crippen molar-refractivity contribution in [1.29, 1.82) is 0 Å². The summed E-state index contributed by atoms with van der Waals surface area (Å²) in [5.74, 6) is 0.637.